The monoisotopic (exact) mass is 439 g/mol. The van der Waals surface area contributed by atoms with Crippen molar-refractivity contribution in [2.24, 2.45) is 0 Å². The van der Waals surface area contributed by atoms with Gasteiger partial charge in [0.2, 0.25) is 11.3 Å². The number of anilines is 1. The molecular weight excluding hydrogens is 414 g/mol. The summed E-state index contributed by atoms with van der Waals surface area (Å²) in [6, 6.07) is 12.7. The number of hydrogen-bond donors (Lipinski definition) is 1. The van der Waals surface area contributed by atoms with Crippen LogP contribution in [-0.4, -0.2) is 21.2 Å². The van der Waals surface area contributed by atoms with Crippen LogP contribution in [0.4, 0.5) is 5.69 Å². The molecule has 4 rings (SSSR count). The van der Waals surface area contributed by atoms with Gasteiger partial charge in [-0.1, -0.05) is 12.1 Å². The lowest BCUT2D eigenvalue weighted by Crippen LogP contribution is -2.24. The molecule has 1 amide bonds. The molecule has 0 saturated carbocycles. The molecule has 1 N–H and O–H groups in total. The lowest BCUT2D eigenvalue weighted by atomic mass is 10.0. The smallest absolute Gasteiger partial charge is 0.244 e. The fourth-order valence-corrected chi connectivity index (χ4v) is 3.82. The van der Waals surface area contributed by atoms with Crippen molar-refractivity contribution in [1.29, 1.82) is 0 Å². The van der Waals surface area contributed by atoms with E-state index in [-0.39, 0.29) is 23.4 Å². The predicted molar refractivity (Wildman–Crippen MR) is 130 cm³/mol. The largest absolute Gasteiger partial charge is 0.337 e. The summed E-state index contributed by atoms with van der Waals surface area (Å²) in [5, 5.41) is 3.37. The third kappa shape index (κ3) is 4.46. The minimum Gasteiger partial charge on any atom is -0.337 e. The molecule has 2 aromatic carbocycles. The molecule has 0 spiro atoms. The fraction of sp³-hybridized carbons (Fsp3) is 0.185. The number of aromatic nitrogens is 2. The van der Waals surface area contributed by atoms with Gasteiger partial charge >= 0.3 is 0 Å². The van der Waals surface area contributed by atoms with E-state index in [9.17, 15) is 14.4 Å². The molecular formula is C27H25N3O3. The first kappa shape index (κ1) is 22.1. The summed E-state index contributed by atoms with van der Waals surface area (Å²) in [6.45, 7) is 7.73. The zero-order valence-corrected chi connectivity index (χ0v) is 19.1. The van der Waals surface area contributed by atoms with Crippen molar-refractivity contribution in [1.82, 2.24) is 9.55 Å². The van der Waals surface area contributed by atoms with Crippen LogP contribution in [0.15, 0.2) is 65.8 Å². The van der Waals surface area contributed by atoms with E-state index in [4.69, 9.17) is 0 Å². The maximum absolute atomic E-state index is 13.3. The van der Waals surface area contributed by atoms with Gasteiger partial charge in [0.15, 0.2) is 5.78 Å². The topological polar surface area (TPSA) is 81.1 Å². The molecule has 2 heterocycles. The van der Waals surface area contributed by atoms with E-state index in [1.807, 2.05) is 52.0 Å². The van der Waals surface area contributed by atoms with Crippen molar-refractivity contribution in [2.45, 2.75) is 34.2 Å². The minimum atomic E-state index is -0.397. The zero-order chi connectivity index (χ0) is 23.7. The van der Waals surface area contributed by atoms with Gasteiger partial charge in [-0.25, -0.2) is 0 Å². The first-order valence-electron chi connectivity index (χ1n) is 10.7. The van der Waals surface area contributed by atoms with E-state index in [0.717, 1.165) is 27.9 Å². The highest BCUT2D eigenvalue weighted by atomic mass is 16.2. The molecule has 0 aliphatic carbocycles. The number of nitrogens with zero attached hydrogens (tertiary/aromatic N) is 2. The molecule has 0 aliphatic rings. The van der Waals surface area contributed by atoms with E-state index in [1.54, 1.807) is 22.8 Å². The number of carbonyl (C=O) groups is 2. The molecule has 0 unspecified atom stereocenters. The first-order chi connectivity index (χ1) is 15.7. The number of rotatable bonds is 5. The Hall–Kier alpha value is -4.06. The normalized spacial score (nSPS) is 10.9. The molecule has 0 aliphatic heterocycles. The summed E-state index contributed by atoms with van der Waals surface area (Å²) in [4.78, 5) is 43.3. The molecule has 0 atom stereocenters. The van der Waals surface area contributed by atoms with E-state index in [0.29, 0.717) is 16.5 Å². The van der Waals surface area contributed by atoms with Crippen molar-refractivity contribution in [2.75, 3.05) is 5.32 Å². The quantitative estimate of drug-likeness (QED) is 0.464. The summed E-state index contributed by atoms with van der Waals surface area (Å²) in [5.41, 5.74) is 5.35. The van der Waals surface area contributed by atoms with Crippen LogP contribution in [0.3, 0.4) is 0 Å². The van der Waals surface area contributed by atoms with E-state index in [1.165, 1.54) is 18.6 Å². The van der Waals surface area contributed by atoms with Gasteiger partial charge in [0.1, 0.15) is 6.54 Å². The predicted octanol–water partition coefficient (Wildman–Crippen LogP) is 4.50. The second kappa shape index (κ2) is 8.82. The second-order valence-corrected chi connectivity index (χ2v) is 8.38. The highest BCUT2D eigenvalue weighted by Crippen LogP contribution is 2.20. The van der Waals surface area contributed by atoms with Gasteiger partial charge in [0.05, 0.1) is 11.1 Å². The van der Waals surface area contributed by atoms with Crippen molar-refractivity contribution < 1.29 is 9.59 Å². The number of benzene rings is 2. The van der Waals surface area contributed by atoms with Gasteiger partial charge in [-0.2, -0.15) is 0 Å². The summed E-state index contributed by atoms with van der Waals surface area (Å²) in [5.74, 6) is -0.639. The summed E-state index contributed by atoms with van der Waals surface area (Å²) in [7, 11) is 0. The average Bonchev–Trinajstić information content (AvgIpc) is 2.79. The third-order valence-corrected chi connectivity index (χ3v) is 5.86. The van der Waals surface area contributed by atoms with Gasteiger partial charge in [-0.05, 0) is 80.3 Å². The van der Waals surface area contributed by atoms with Crippen LogP contribution >= 0.6 is 0 Å². The Labute approximate surface area is 191 Å². The lowest BCUT2D eigenvalue weighted by Gasteiger charge is -2.16. The Bertz CT molecular complexity index is 1450. The average molecular weight is 440 g/mol. The number of ketones is 1. The van der Waals surface area contributed by atoms with E-state index in [2.05, 4.69) is 10.3 Å². The molecule has 2 aromatic heterocycles. The molecule has 0 saturated heterocycles. The molecule has 0 bridgehead atoms. The van der Waals surface area contributed by atoms with Crippen LogP contribution in [0.25, 0.3) is 10.9 Å². The number of aryl methyl sites for hydroxylation is 4. The standard InChI is InChI=1S/C27H25N3O3/c1-16-5-6-17(2)23(11-16)29-25(31)15-30-14-22(26(32)20-7-9-28-10-8-20)27(33)21-12-18(3)19(4)13-24(21)30/h5-14H,15H2,1-4H3,(H,29,31). The number of hydrogen-bond acceptors (Lipinski definition) is 4. The first-order valence-corrected chi connectivity index (χ1v) is 10.7. The number of amides is 1. The Morgan fingerprint density at radius 2 is 1.61 bits per heavy atom. The van der Waals surface area contributed by atoms with Crippen LogP contribution < -0.4 is 10.7 Å². The van der Waals surface area contributed by atoms with E-state index < -0.39 is 5.78 Å². The maximum atomic E-state index is 13.3. The highest BCUT2D eigenvalue weighted by molar-refractivity contribution is 6.10. The molecule has 6 heteroatoms. The third-order valence-electron chi connectivity index (χ3n) is 5.86. The maximum Gasteiger partial charge on any atom is 0.244 e. The molecule has 166 valence electrons. The van der Waals surface area contributed by atoms with Crippen LogP contribution in [0, 0.1) is 27.7 Å². The molecule has 0 radical (unpaired) electrons. The van der Waals surface area contributed by atoms with Crippen LogP contribution in [0.2, 0.25) is 0 Å². The van der Waals surface area contributed by atoms with Crippen molar-refractivity contribution in [3.8, 4) is 0 Å². The number of pyridine rings is 2. The summed E-state index contributed by atoms with van der Waals surface area (Å²) >= 11 is 0. The van der Waals surface area contributed by atoms with Gasteiger partial charge < -0.3 is 9.88 Å². The minimum absolute atomic E-state index is 0.0245. The van der Waals surface area contributed by atoms with Crippen molar-refractivity contribution in [3.63, 3.8) is 0 Å². The van der Waals surface area contributed by atoms with Crippen LogP contribution in [-0.2, 0) is 11.3 Å². The summed E-state index contributed by atoms with van der Waals surface area (Å²) in [6.07, 6.45) is 4.51. The van der Waals surface area contributed by atoms with Gasteiger partial charge in [-0.3, -0.25) is 19.4 Å². The van der Waals surface area contributed by atoms with Gasteiger partial charge in [0.25, 0.3) is 0 Å². The Kier molecular flexibility index (Phi) is 5.92. The molecule has 33 heavy (non-hydrogen) atoms. The number of fused-ring (bicyclic) bond motifs is 1. The fourth-order valence-electron chi connectivity index (χ4n) is 3.82. The van der Waals surface area contributed by atoms with Crippen molar-refractivity contribution in [3.05, 3.63) is 105 Å². The second-order valence-electron chi connectivity index (χ2n) is 8.38. The highest BCUT2D eigenvalue weighted by Gasteiger charge is 2.19. The zero-order valence-electron chi connectivity index (χ0n) is 19.1. The summed E-state index contributed by atoms with van der Waals surface area (Å²) < 4.78 is 1.68. The molecule has 0 fully saturated rings. The van der Waals surface area contributed by atoms with Crippen molar-refractivity contribution >= 4 is 28.3 Å². The Morgan fingerprint density at radius 3 is 2.33 bits per heavy atom. The molecule has 6 nitrogen and oxygen atoms in total. The van der Waals surface area contributed by atoms with E-state index >= 15 is 0 Å². The van der Waals surface area contributed by atoms with Gasteiger partial charge in [-0.15, -0.1) is 0 Å². The van der Waals surface area contributed by atoms with Gasteiger partial charge in [0, 0.05) is 35.2 Å². The SMILES string of the molecule is Cc1ccc(C)c(NC(=O)Cn2cc(C(=O)c3ccncc3)c(=O)c3cc(C)c(C)cc32)c1. The number of nitrogens with one attached hydrogen (secondary N) is 1. The Morgan fingerprint density at radius 1 is 0.909 bits per heavy atom. The Balaban J connectivity index is 1.81. The lowest BCUT2D eigenvalue weighted by molar-refractivity contribution is -0.116. The number of carbonyl (C=O) groups excluding carboxylic acids is 2. The molecule has 4 aromatic rings. The van der Waals surface area contributed by atoms with Crippen LogP contribution in [0.5, 0.6) is 0 Å². The van der Waals surface area contributed by atoms with Crippen LogP contribution in [0.1, 0.15) is 38.2 Å².